The van der Waals surface area contributed by atoms with Crippen LogP contribution in [0.15, 0.2) is 30.3 Å². The van der Waals surface area contributed by atoms with Crippen molar-refractivity contribution in [2.45, 2.75) is 40.3 Å². The lowest BCUT2D eigenvalue weighted by Crippen LogP contribution is -2.54. The predicted molar refractivity (Wildman–Crippen MR) is 113 cm³/mol. The number of carbonyl (C=O) groups excluding carboxylic acids is 3. The van der Waals surface area contributed by atoms with Crippen LogP contribution < -0.4 is 5.32 Å². The van der Waals surface area contributed by atoms with E-state index in [9.17, 15) is 14.4 Å². The molecule has 0 saturated carbocycles. The lowest BCUT2D eigenvalue weighted by molar-refractivity contribution is -0.147. The molecular weight excluding hydrogens is 382 g/mol. The van der Waals surface area contributed by atoms with Crippen molar-refractivity contribution < 1.29 is 14.4 Å². The summed E-state index contributed by atoms with van der Waals surface area (Å²) in [4.78, 5) is 40.6. The topological polar surface area (TPSA) is 87.5 Å². The summed E-state index contributed by atoms with van der Waals surface area (Å²) in [5, 5.41) is 7.18. The van der Waals surface area contributed by atoms with Crippen molar-refractivity contribution in [1.29, 1.82) is 0 Å². The molecule has 0 aliphatic carbocycles. The van der Waals surface area contributed by atoms with E-state index in [1.165, 1.54) is 4.90 Å². The first-order chi connectivity index (χ1) is 14.3. The van der Waals surface area contributed by atoms with Gasteiger partial charge in [-0.05, 0) is 33.3 Å². The smallest absolute Gasteiger partial charge is 0.312 e. The van der Waals surface area contributed by atoms with Crippen molar-refractivity contribution in [3.8, 4) is 0 Å². The van der Waals surface area contributed by atoms with Gasteiger partial charge in [0.15, 0.2) is 0 Å². The van der Waals surface area contributed by atoms with Gasteiger partial charge in [0.1, 0.15) is 0 Å². The van der Waals surface area contributed by atoms with Crippen molar-refractivity contribution in [3.63, 3.8) is 0 Å². The number of carbonyl (C=O) groups is 3. The van der Waals surface area contributed by atoms with Crippen LogP contribution in [0.3, 0.4) is 0 Å². The molecule has 8 heteroatoms. The van der Waals surface area contributed by atoms with Crippen LogP contribution in [0, 0.1) is 13.8 Å². The van der Waals surface area contributed by atoms with E-state index in [0.29, 0.717) is 44.0 Å². The van der Waals surface area contributed by atoms with Crippen molar-refractivity contribution >= 4 is 17.7 Å². The van der Waals surface area contributed by atoms with Gasteiger partial charge >= 0.3 is 11.8 Å². The van der Waals surface area contributed by atoms with Crippen molar-refractivity contribution in [2.24, 2.45) is 0 Å². The van der Waals surface area contributed by atoms with E-state index in [2.05, 4.69) is 10.4 Å². The minimum atomic E-state index is -0.598. The Hall–Kier alpha value is -3.16. The summed E-state index contributed by atoms with van der Waals surface area (Å²) in [5.41, 5.74) is 3.26. The van der Waals surface area contributed by atoms with Crippen LogP contribution in [0.25, 0.3) is 0 Å². The average molecular weight is 412 g/mol. The number of nitrogens with one attached hydrogen (secondary N) is 1. The Balaban J connectivity index is 1.65. The summed E-state index contributed by atoms with van der Waals surface area (Å²) in [6, 6.07) is 9.90. The maximum Gasteiger partial charge on any atom is 0.312 e. The van der Waals surface area contributed by atoms with Gasteiger partial charge in [-0.2, -0.15) is 5.10 Å². The molecule has 0 spiro atoms. The Bertz CT molecular complexity index is 928. The maximum atomic E-state index is 13.2. The zero-order valence-corrected chi connectivity index (χ0v) is 18.0. The molecule has 1 saturated heterocycles. The van der Waals surface area contributed by atoms with Gasteiger partial charge in [0.25, 0.3) is 5.91 Å². The number of hydrogen-bond acceptors (Lipinski definition) is 4. The molecule has 1 fully saturated rings. The normalized spacial score (nSPS) is 14.2. The molecule has 30 heavy (non-hydrogen) atoms. The average Bonchev–Trinajstić information content (AvgIpc) is 3.00. The first-order valence-corrected chi connectivity index (χ1v) is 10.2. The highest BCUT2D eigenvalue weighted by molar-refractivity contribution is 6.35. The van der Waals surface area contributed by atoms with Crippen LogP contribution in [-0.4, -0.2) is 69.5 Å². The lowest BCUT2D eigenvalue weighted by atomic mass is 10.1. The van der Waals surface area contributed by atoms with E-state index < -0.39 is 11.8 Å². The Morgan fingerprint density at radius 1 is 1.00 bits per heavy atom. The van der Waals surface area contributed by atoms with E-state index in [-0.39, 0.29) is 11.9 Å². The van der Waals surface area contributed by atoms with E-state index in [4.69, 9.17) is 0 Å². The molecule has 8 nitrogen and oxygen atoms in total. The van der Waals surface area contributed by atoms with Crippen LogP contribution in [0.1, 0.15) is 41.2 Å². The fourth-order valence-corrected chi connectivity index (χ4v) is 3.66. The van der Waals surface area contributed by atoms with Gasteiger partial charge < -0.3 is 15.1 Å². The molecular formula is C22H29N5O3. The maximum absolute atomic E-state index is 13.2. The second-order valence-electron chi connectivity index (χ2n) is 7.90. The van der Waals surface area contributed by atoms with Gasteiger partial charge in [-0.1, -0.05) is 30.3 Å². The van der Waals surface area contributed by atoms with Gasteiger partial charge in [0.2, 0.25) is 0 Å². The fourth-order valence-electron chi connectivity index (χ4n) is 3.66. The number of amides is 3. The van der Waals surface area contributed by atoms with Crippen molar-refractivity contribution in [1.82, 2.24) is 24.9 Å². The molecule has 160 valence electrons. The van der Waals surface area contributed by atoms with E-state index in [1.807, 2.05) is 62.7 Å². The first kappa shape index (κ1) is 21.5. The van der Waals surface area contributed by atoms with Crippen LogP contribution in [-0.2, 0) is 16.1 Å². The second-order valence-corrected chi connectivity index (χ2v) is 7.90. The summed E-state index contributed by atoms with van der Waals surface area (Å²) in [5.74, 6) is -1.22. The molecule has 3 amide bonds. The molecule has 0 atom stereocenters. The van der Waals surface area contributed by atoms with Gasteiger partial charge in [0, 0.05) is 37.9 Å². The fraction of sp³-hybridized carbons (Fsp3) is 0.455. The van der Waals surface area contributed by atoms with Gasteiger partial charge in [-0.15, -0.1) is 0 Å². The molecule has 1 aliphatic heterocycles. The van der Waals surface area contributed by atoms with Crippen LogP contribution in [0.4, 0.5) is 0 Å². The Morgan fingerprint density at radius 3 is 2.20 bits per heavy atom. The molecule has 0 unspecified atom stereocenters. The second kappa shape index (κ2) is 9.11. The number of benzene rings is 1. The van der Waals surface area contributed by atoms with Crippen LogP contribution >= 0.6 is 0 Å². The number of rotatable bonds is 4. The highest BCUT2D eigenvalue weighted by Gasteiger charge is 2.30. The highest BCUT2D eigenvalue weighted by atomic mass is 16.2. The summed E-state index contributed by atoms with van der Waals surface area (Å²) in [6.07, 6.45) is 0. The molecule has 1 aromatic carbocycles. The summed E-state index contributed by atoms with van der Waals surface area (Å²) in [7, 11) is 0. The van der Waals surface area contributed by atoms with Crippen molar-refractivity contribution in [2.75, 3.05) is 26.2 Å². The monoisotopic (exact) mass is 411 g/mol. The SMILES string of the molecule is Cc1nn(Cc2ccccc2)c(C)c1C(=O)N1CCN(C(=O)C(=O)NC(C)C)CC1. The van der Waals surface area contributed by atoms with Gasteiger partial charge in [-0.3, -0.25) is 19.1 Å². The van der Waals surface area contributed by atoms with Crippen LogP contribution in [0.2, 0.25) is 0 Å². The number of hydrogen-bond donors (Lipinski definition) is 1. The molecule has 2 heterocycles. The predicted octanol–water partition coefficient (Wildman–Crippen LogP) is 1.36. The largest absolute Gasteiger partial charge is 0.346 e. The summed E-state index contributed by atoms with van der Waals surface area (Å²) < 4.78 is 1.86. The minimum absolute atomic E-state index is 0.0805. The Labute approximate surface area is 176 Å². The molecule has 0 bridgehead atoms. The minimum Gasteiger partial charge on any atom is -0.346 e. The third-order valence-corrected chi connectivity index (χ3v) is 5.24. The number of piperazine rings is 1. The lowest BCUT2D eigenvalue weighted by Gasteiger charge is -2.34. The molecule has 2 aromatic rings. The van der Waals surface area contributed by atoms with Gasteiger partial charge in [-0.25, -0.2) is 0 Å². The van der Waals surface area contributed by atoms with Crippen LogP contribution in [0.5, 0.6) is 0 Å². The van der Waals surface area contributed by atoms with Gasteiger partial charge in [0.05, 0.1) is 17.8 Å². The highest BCUT2D eigenvalue weighted by Crippen LogP contribution is 2.18. The summed E-state index contributed by atoms with van der Waals surface area (Å²) >= 11 is 0. The molecule has 1 aliphatic rings. The number of aryl methyl sites for hydroxylation is 1. The molecule has 0 radical (unpaired) electrons. The Morgan fingerprint density at radius 2 is 1.60 bits per heavy atom. The standard InChI is InChI=1S/C22H29N5O3/c1-15(2)23-20(28)22(30)26-12-10-25(11-13-26)21(29)19-16(3)24-27(17(19)4)14-18-8-6-5-7-9-18/h5-9,15H,10-14H2,1-4H3,(H,23,28). The number of nitrogens with zero attached hydrogens (tertiary/aromatic N) is 4. The molecule has 1 aromatic heterocycles. The zero-order chi connectivity index (χ0) is 21.8. The van der Waals surface area contributed by atoms with E-state index >= 15 is 0 Å². The van der Waals surface area contributed by atoms with E-state index in [1.54, 1.807) is 4.90 Å². The Kier molecular flexibility index (Phi) is 6.54. The molecule has 1 N–H and O–H groups in total. The third kappa shape index (κ3) is 4.69. The van der Waals surface area contributed by atoms with E-state index in [0.717, 1.165) is 11.3 Å². The molecule has 3 rings (SSSR count). The third-order valence-electron chi connectivity index (χ3n) is 5.24. The zero-order valence-electron chi connectivity index (χ0n) is 18.0. The summed E-state index contributed by atoms with van der Waals surface area (Å²) in [6.45, 7) is 9.44. The quantitative estimate of drug-likeness (QED) is 0.770. The first-order valence-electron chi connectivity index (χ1n) is 10.2. The van der Waals surface area contributed by atoms with Crippen molar-refractivity contribution in [3.05, 3.63) is 52.8 Å². The number of aromatic nitrogens is 2.